The van der Waals surface area contributed by atoms with Crippen LogP contribution in [0.2, 0.25) is 0 Å². The number of fused-ring (bicyclic) bond motifs is 1. The molecule has 9 heteroatoms. The van der Waals surface area contributed by atoms with Gasteiger partial charge in [-0.25, -0.2) is 0 Å². The molecule has 0 fully saturated rings. The molecule has 1 aromatic heterocycles. The Morgan fingerprint density at radius 3 is 2.33 bits per heavy atom. The van der Waals surface area contributed by atoms with Crippen LogP contribution in [0.25, 0.3) is 10.9 Å². The van der Waals surface area contributed by atoms with Gasteiger partial charge in [0.1, 0.15) is 12.1 Å². The number of nitrogens with zero attached hydrogens (tertiary/aromatic N) is 1. The van der Waals surface area contributed by atoms with Gasteiger partial charge in [-0.1, -0.05) is 48.5 Å². The van der Waals surface area contributed by atoms with Crippen molar-refractivity contribution < 1.29 is 9.59 Å². The third kappa shape index (κ3) is 6.11. The van der Waals surface area contributed by atoms with Crippen LogP contribution < -0.4 is 33.6 Å². The summed E-state index contributed by atoms with van der Waals surface area (Å²) in [7, 11) is 0. The number of hydrogen-bond acceptors (Lipinski definition) is 7. The van der Waals surface area contributed by atoms with E-state index in [-0.39, 0.29) is 19.0 Å². The van der Waals surface area contributed by atoms with Crippen LogP contribution in [0.1, 0.15) is 12.0 Å². The number of aromatic nitrogens is 1. The second-order valence-electron chi connectivity index (χ2n) is 8.11. The van der Waals surface area contributed by atoms with Gasteiger partial charge in [-0.3, -0.25) is 14.6 Å². The highest BCUT2D eigenvalue weighted by Crippen LogP contribution is 2.17. The maximum Gasteiger partial charge on any atom is 0.247 e. The van der Waals surface area contributed by atoms with E-state index in [1.54, 1.807) is 6.20 Å². The average molecular weight is 450 g/mol. The Labute approximate surface area is 192 Å². The Bertz CT molecular complexity index is 1090. The van der Waals surface area contributed by atoms with Gasteiger partial charge in [0, 0.05) is 18.5 Å². The number of para-hydroxylation sites is 1. The Kier molecular flexibility index (Phi) is 8.07. The lowest BCUT2D eigenvalue weighted by Crippen LogP contribution is -2.69. The first kappa shape index (κ1) is 24.3. The zero-order chi connectivity index (χ0) is 23.8. The van der Waals surface area contributed by atoms with E-state index < -0.39 is 23.5 Å². The molecule has 1 heterocycles. The zero-order valence-electron chi connectivity index (χ0n) is 18.4. The highest BCUT2D eigenvalue weighted by Gasteiger charge is 2.36. The average Bonchev–Trinajstić information content (AvgIpc) is 2.85. The number of carbonyl (C=O) groups excluding carboxylic acids is 2. The second kappa shape index (κ2) is 11.0. The molecule has 0 bridgehead atoms. The van der Waals surface area contributed by atoms with Crippen LogP contribution in [-0.4, -0.2) is 47.5 Å². The minimum Gasteiger partial charge on any atom is -0.343 e. The predicted molar refractivity (Wildman–Crippen MR) is 130 cm³/mol. The van der Waals surface area contributed by atoms with E-state index in [2.05, 4.69) is 15.6 Å². The summed E-state index contributed by atoms with van der Waals surface area (Å²) in [6.45, 7) is -0.135. The van der Waals surface area contributed by atoms with Crippen molar-refractivity contribution in [2.24, 2.45) is 22.9 Å². The molecule has 0 spiro atoms. The normalized spacial score (nSPS) is 13.3. The number of pyridine rings is 1. The molecular formula is C24H31N7O2. The van der Waals surface area contributed by atoms with Crippen molar-refractivity contribution in [1.29, 1.82) is 0 Å². The molecule has 0 aliphatic rings. The lowest BCUT2D eigenvalue weighted by molar-refractivity contribution is -0.128. The molecule has 2 aromatic carbocycles. The number of anilines is 1. The minimum absolute atomic E-state index is 0.0677. The second-order valence-corrected chi connectivity index (χ2v) is 8.11. The quantitative estimate of drug-likeness (QED) is 0.257. The summed E-state index contributed by atoms with van der Waals surface area (Å²) < 4.78 is 0. The van der Waals surface area contributed by atoms with E-state index in [0.29, 0.717) is 18.5 Å². The summed E-state index contributed by atoms with van der Waals surface area (Å²) in [6.07, 6.45) is 2.51. The third-order valence-corrected chi connectivity index (χ3v) is 5.72. The van der Waals surface area contributed by atoms with Crippen LogP contribution in [0.3, 0.4) is 0 Å². The molecule has 0 saturated carbocycles. The lowest BCUT2D eigenvalue weighted by Gasteiger charge is -2.32. The summed E-state index contributed by atoms with van der Waals surface area (Å²) in [5, 5.41) is 6.46. The maximum atomic E-state index is 13.1. The van der Waals surface area contributed by atoms with Gasteiger partial charge in [-0.2, -0.15) is 0 Å². The first-order chi connectivity index (χ1) is 15.9. The van der Waals surface area contributed by atoms with E-state index in [1.807, 2.05) is 60.7 Å². The summed E-state index contributed by atoms with van der Waals surface area (Å²) in [5.74, 6) is -0.968. The fraction of sp³-hybridized carbons (Fsp3) is 0.292. The number of nitrogens with two attached hydrogens (primary N) is 4. The number of hydrogen-bond donors (Lipinski definition) is 6. The van der Waals surface area contributed by atoms with Gasteiger partial charge in [0.25, 0.3) is 0 Å². The van der Waals surface area contributed by atoms with Gasteiger partial charge in [0.15, 0.2) is 0 Å². The van der Waals surface area contributed by atoms with Crippen molar-refractivity contribution in [2.75, 3.05) is 18.4 Å². The number of benzene rings is 2. The van der Waals surface area contributed by atoms with Crippen molar-refractivity contribution in [2.45, 2.75) is 30.5 Å². The van der Waals surface area contributed by atoms with Gasteiger partial charge in [-0.05, 0) is 30.5 Å². The van der Waals surface area contributed by atoms with Crippen molar-refractivity contribution in [3.05, 3.63) is 72.4 Å². The molecule has 2 amide bonds. The first-order valence-electron chi connectivity index (χ1n) is 10.8. The summed E-state index contributed by atoms with van der Waals surface area (Å²) in [5.41, 5.74) is 24.6. The fourth-order valence-corrected chi connectivity index (χ4v) is 3.45. The van der Waals surface area contributed by atoms with Gasteiger partial charge in [0.2, 0.25) is 11.8 Å². The predicted octanol–water partition coefficient (Wildman–Crippen LogP) is 0.233. The smallest absolute Gasteiger partial charge is 0.247 e. The number of aryl methyl sites for hydroxylation is 1. The Morgan fingerprint density at radius 1 is 0.970 bits per heavy atom. The van der Waals surface area contributed by atoms with Crippen LogP contribution >= 0.6 is 0 Å². The van der Waals surface area contributed by atoms with E-state index in [4.69, 9.17) is 22.9 Å². The van der Waals surface area contributed by atoms with Gasteiger partial charge in [-0.15, -0.1) is 0 Å². The van der Waals surface area contributed by atoms with Gasteiger partial charge in [0.05, 0.1) is 22.9 Å². The molecule has 0 saturated heterocycles. The van der Waals surface area contributed by atoms with E-state index >= 15 is 0 Å². The highest BCUT2D eigenvalue weighted by molar-refractivity contribution is 5.99. The molecule has 0 aliphatic carbocycles. The molecule has 9 nitrogen and oxygen atoms in total. The Morgan fingerprint density at radius 2 is 1.64 bits per heavy atom. The van der Waals surface area contributed by atoms with E-state index in [0.717, 1.165) is 16.5 Å². The van der Waals surface area contributed by atoms with Crippen LogP contribution in [0, 0.1) is 0 Å². The number of nitrogens with one attached hydrogen (secondary N) is 2. The SMILES string of the molecule is NCC(N)(CN)[C@H](N)C(=O)N[C@@H](CCc1ccccc1)C(=O)Nc1cnc2ccccc2c1. The monoisotopic (exact) mass is 449 g/mol. The number of carbonyl (C=O) groups is 2. The largest absolute Gasteiger partial charge is 0.343 e. The topological polar surface area (TPSA) is 175 Å². The number of amides is 2. The molecule has 174 valence electrons. The van der Waals surface area contributed by atoms with Crippen LogP contribution in [-0.2, 0) is 16.0 Å². The molecule has 3 rings (SSSR count). The standard InChI is InChI=1S/C24H31N7O2/c25-14-24(28,15-26)21(27)23(33)31-20(11-10-16-6-2-1-3-7-16)22(32)30-18-12-17-8-4-5-9-19(17)29-13-18/h1-9,12-13,20-21H,10-11,14-15,25-28H2,(H,30,32)(H,31,33)/t20-,21+/m0/s1. The summed E-state index contributed by atoms with van der Waals surface area (Å²) in [4.78, 5) is 30.3. The van der Waals surface area contributed by atoms with Crippen molar-refractivity contribution in [1.82, 2.24) is 10.3 Å². The number of rotatable bonds is 10. The Balaban J connectivity index is 1.77. The van der Waals surface area contributed by atoms with Crippen molar-refractivity contribution >= 4 is 28.4 Å². The van der Waals surface area contributed by atoms with Gasteiger partial charge >= 0.3 is 0 Å². The first-order valence-corrected chi connectivity index (χ1v) is 10.8. The molecule has 0 aliphatic heterocycles. The molecule has 2 atom stereocenters. The lowest BCUT2D eigenvalue weighted by atomic mass is 9.91. The summed E-state index contributed by atoms with van der Waals surface area (Å²) >= 11 is 0. The van der Waals surface area contributed by atoms with Crippen molar-refractivity contribution in [3.63, 3.8) is 0 Å². The fourth-order valence-electron chi connectivity index (χ4n) is 3.45. The van der Waals surface area contributed by atoms with Crippen LogP contribution in [0.4, 0.5) is 5.69 Å². The van der Waals surface area contributed by atoms with Crippen LogP contribution in [0.5, 0.6) is 0 Å². The van der Waals surface area contributed by atoms with Crippen molar-refractivity contribution in [3.8, 4) is 0 Å². The zero-order valence-corrected chi connectivity index (χ0v) is 18.4. The highest BCUT2D eigenvalue weighted by atomic mass is 16.2. The molecule has 33 heavy (non-hydrogen) atoms. The third-order valence-electron chi connectivity index (χ3n) is 5.72. The molecule has 3 aromatic rings. The Hall–Kier alpha value is -3.37. The molecular weight excluding hydrogens is 418 g/mol. The minimum atomic E-state index is -1.27. The molecule has 10 N–H and O–H groups in total. The summed E-state index contributed by atoms with van der Waals surface area (Å²) in [6, 6.07) is 17.1. The van der Waals surface area contributed by atoms with E-state index in [1.165, 1.54) is 0 Å². The van der Waals surface area contributed by atoms with E-state index in [9.17, 15) is 9.59 Å². The van der Waals surface area contributed by atoms with Gasteiger partial charge < -0.3 is 33.6 Å². The maximum absolute atomic E-state index is 13.1. The molecule has 0 radical (unpaired) electrons. The van der Waals surface area contributed by atoms with Crippen LogP contribution in [0.15, 0.2) is 66.9 Å². The molecule has 0 unspecified atom stereocenters.